The molecule has 170 valence electrons. The third-order valence-corrected chi connectivity index (χ3v) is 7.87. The van der Waals surface area contributed by atoms with E-state index in [4.69, 9.17) is 9.97 Å². The Morgan fingerprint density at radius 3 is 2.55 bits per heavy atom. The summed E-state index contributed by atoms with van der Waals surface area (Å²) in [7, 11) is 0. The van der Waals surface area contributed by atoms with E-state index < -0.39 is 0 Å². The van der Waals surface area contributed by atoms with Crippen LogP contribution in [-0.2, 0) is 13.0 Å². The molecule has 0 aromatic carbocycles. The SMILES string of the molecule is CC(=O)c1c(C)c2ccc(C3CC3c3ccc4c(n3)CCNC4)nc2n(C2CCCC2)c1=O. The van der Waals surface area contributed by atoms with E-state index in [2.05, 4.69) is 29.6 Å². The molecule has 0 radical (unpaired) electrons. The lowest BCUT2D eigenvalue weighted by atomic mass is 10.0. The minimum Gasteiger partial charge on any atom is -0.312 e. The number of hydrogen-bond acceptors (Lipinski definition) is 5. The van der Waals surface area contributed by atoms with Crippen molar-refractivity contribution >= 4 is 16.8 Å². The summed E-state index contributed by atoms with van der Waals surface area (Å²) in [5.74, 6) is 0.562. The fourth-order valence-electron chi connectivity index (χ4n) is 5.98. The normalized spacial score (nSPS) is 22.5. The molecule has 3 aromatic rings. The quantitative estimate of drug-likeness (QED) is 0.609. The average Bonchev–Trinajstić information content (AvgIpc) is 3.44. The third kappa shape index (κ3) is 3.43. The van der Waals surface area contributed by atoms with Gasteiger partial charge in [-0.25, -0.2) is 4.98 Å². The van der Waals surface area contributed by atoms with Crippen LogP contribution in [0.1, 0.15) is 95.5 Å². The average molecular weight is 443 g/mol. The smallest absolute Gasteiger partial charge is 0.263 e. The highest BCUT2D eigenvalue weighted by Gasteiger charge is 2.42. The number of Topliss-reactive ketones (excluding diaryl/α,β-unsaturated/α-hetero) is 1. The van der Waals surface area contributed by atoms with Gasteiger partial charge in [-0.3, -0.25) is 19.1 Å². The van der Waals surface area contributed by atoms with Crippen LogP contribution in [0.3, 0.4) is 0 Å². The number of aromatic nitrogens is 3. The Morgan fingerprint density at radius 1 is 1.06 bits per heavy atom. The van der Waals surface area contributed by atoms with Crippen LogP contribution < -0.4 is 10.9 Å². The van der Waals surface area contributed by atoms with Crippen molar-refractivity contribution in [1.82, 2.24) is 19.9 Å². The van der Waals surface area contributed by atoms with E-state index in [-0.39, 0.29) is 17.4 Å². The molecular weight excluding hydrogens is 412 g/mol. The van der Waals surface area contributed by atoms with E-state index in [1.807, 2.05) is 11.5 Å². The Hall–Kier alpha value is -2.86. The number of nitrogens with zero attached hydrogens (tertiary/aromatic N) is 3. The van der Waals surface area contributed by atoms with Crippen molar-refractivity contribution in [3.8, 4) is 0 Å². The van der Waals surface area contributed by atoms with Gasteiger partial charge in [0.25, 0.3) is 5.56 Å². The van der Waals surface area contributed by atoms with Crippen LogP contribution in [0.25, 0.3) is 11.0 Å². The molecule has 6 nitrogen and oxygen atoms in total. The molecule has 3 aromatic heterocycles. The van der Waals surface area contributed by atoms with E-state index in [9.17, 15) is 9.59 Å². The lowest BCUT2D eigenvalue weighted by Gasteiger charge is -2.20. The highest BCUT2D eigenvalue weighted by atomic mass is 16.1. The monoisotopic (exact) mass is 442 g/mol. The molecule has 0 amide bonds. The molecule has 1 aliphatic heterocycles. The second-order valence-corrected chi connectivity index (χ2v) is 9.99. The molecule has 2 aliphatic carbocycles. The summed E-state index contributed by atoms with van der Waals surface area (Å²) in [6.45, 7) is 5.27. The third-order valence-electron chi connectivity index (χ3n) is 7.87. The molecule has 0 spiro atoms. The number of nitrogens with one attached hydrogen (secondary N) is 1. The number of rotatable bonds is 4. The molecule has 4 heterocycles. The van der Waals surface area contributed by atoms with Crippen molar-refractivity contribution in [3.05, 3.63) is 68.4 Å². The van der Waals surface area contributed by atoms with Crippen molar-refractivity contribution in [2.24, 2.45) is 0 Å². The molecule has 2 unspecified atom stereocenters. The first-order valence-electron chi connectivity index (χ1n) is 12.3. The zero-order valence-corrected chi connectivity index (χ0v) is 19.4. The Balaban J connectivity index is 1.41. The first-order chi connectivity index (χ1) is 16.0. The second-order valence-electron chi connectivity index (χ2n) is 9.99. The van der Waals surface area contributed by atoms with Gasteiger partial charge in [0.1, 0.15) is 5.65 Å². The number of carbonyl (C=O) groups is 1. The minimum atomic E-state index is -0.165. The van der Waals surface area contributed by atoms with Gasteiger partial charge in [0.05, 0.1) is 5.56 Å². The Labute approximate surface area is 193 Å². The maximum Gasteiger partial charge on any atom is 0.263 e. The number of fused-ring (bicyclic) bond motifs is 2. The van der Waals surface area contributed by atoms with Crippen LogP contribution >= 0.6 is 0 Å². The maximum absolute atomic E-state index is 13.4. The first kappa shape index (κ1) is 20.7. The van der Waals surface area contributed by atoms with E-state index in [1.165, 1.54) is 23.9 Å². The van der Waals surface area contributed by atoms with Crippen LogP contribution in [0.15, 0.2) is 29.1 Å². The molecule has 6 rings (SSSR count). The van der Waals surface area contributed by atoms with Crippen LogP contribution in [0.5, 0.6) is 0 Å². The lowest BCUT2D eigenvalue weighted by Crippen LogP contribution is -2.30. The van der Waals surface area contributed by atoms with E-state index in [0.717, 1.165) is 73.9 Å². The Kier molecular flexibility index (Phi) is 4.94. The van der Waals surface area contributed by atoms with E-state index in [0.29, 0.717) is 17.4 Å². The predicted octanol–water partition coefficient (Wildman–Crippen LogP) is 4.33. The van der Waals surface area contributed by atoms with Gasteiger partial charge in [0.15, 0.2) is 5.78 Å². The van der Waals surface area contributed by atoms with Gasteiger partial charge in [0.2, 0.25) is 0 Å². The van der Waals surface area contributed by atoms with Crippen molar-refractivity contribution in [3.63, 3.8) is 0 Å². The summed E-state index contributed by atoms with van der Waals surface area (Å²) in [6, 6.07) is 8.70. The molecule has 0 bridgehead atoms. The molecule has 33 heavy (non-hydrogen) atoms. The van der Waals surface area contributed by atoms with Crippen LogP contribution in [0, 0.1) is 6.92 Å². The molecule has 6 heteroatoms. The second kappa shape index (κ2) is 7.87. The Bertz CT molecular complexity index is 1340. The van der Waals surface area contributed by atoms with Gasteiger partial charge in [-0.1, -0.05) is 18.9 Å². The van der Waals surface area contributed by atoms with E-state index in [1.54, 1.807) is 0 Å². The zero-order valence-electron chi connectivity index (χ0n) is 19.4. The van der Waals surface area contributed by atoms with Crippen LogP contribution in [-0.4, -0.2) is 26.9 Å². The largest absolute Gasteiger partial charge is 0.312 e. The molecule has 1 N–H and O–H groups in total. The number of ketones is 1. The van der Waals surface area contributed by atoms with Crippen LogP contribution in [0.2, 0.25) is 0 Å². The van der Waals surface area contributed by atoms with Crippen molar-refractivity contribution in [2.45, 2.75) is 76.8 Å². The van der Waals surface area contributed by atoms with Gasteiger partial charge < -0.3 is 5.32 Å². The molecule has 2 fully saturated rings. The number of carbonyl (C=O) groups excluding carboxylic acids is 1. The molecule has 2 atom stereocenters. The van der Waals surface area contributed by atoms with Gasteiger partial charge in [-0.15, -0.1) is 0 Å². The van der Waals surface area contributed by atoms with Gasteiger partial charge in [-0.05, 0) is 62.4 Å². The lowest BCUT2D eigenvalue weighted by molar-refractivity contribution is 0.101. The highest BCUT2D eigenvalue weighted by Crippen LogP contribution is 2.54. The summed E-state index contributed by atoms with van der Waals surface area (Å²) in [5.41, 5.74) is 6.40. The first-order valence-corrected chi connectivity index (χ1v) is 12.3. The van der Waals surface area contributed by atoms with E-state index >= 15 is 0 Å². The predicted molar refractivity (Wildman–Crippen MR) is 128 cm³/mol. The molecule has 0 saturated heterocycles. The van der Waals surface area contributed by atoms with Gasteiger partial charge in [0, 0.05) is 59.9 Å². The summed E-state index contributed by atoms with van der Waals surface area (Å²) in [4.78, 5) is 35.9. The fraction of sp³-hybridized carbons (Fsp3) is 0.481. The molecule has 2 saturated carbocycles. The van der Waals surface area contributed by atoms with Crippen molar-refractivity contribution in [1.29, 1.82) is 0 Å². The number of pyridine rings is 3. The van der Waals surface area contributed by atoms with Crippen molar-refractivity contribution in [2.75, 3.05) is 6.54 Å². The summed E-state index contributed by atoms with van der Waals surface area (Å²) in [6.07, 6.45) is 6.21. The Morgan fingerprint density at radius 2 is 1.79 bits per heavy atom. The maximum atomic E-state index is 13.4. The molecular formula is C27H30N4O2. The summed E-state index contributed by atoms with van der Waals surface area (Å²) in [5, 5.41) is 4.33. The standard InChI is InChI=1S/C27H30N4O2/c1-15-19-8-10-24(21-13-20(21)23-9-7-17-14-28-12-11-22(17)29-23)30-26(19)31(18-5-3-4-6-18)27(33)25(15)16(2)32/h7-10,18,20-21,28H,3-6,11-14H2,1-2H3. The number of hydrogen-bond donors (Lipinski definition) is 1. The van der Waals surface area contributed by atoms with Gasteiger partial charge >= 0.3 is 0 Å². The van der Waals surface area contributed by atoms with Crippen molar-refractivity contribution < 1.29 is 4.79 Å². The molecule has 3 aliphatic rings. The zero-order chi connectivity index (χ0) is 22.7. The summed E-state index contributed by atoms with van der Waals surface area (Å²) >= 11 is 0. The fourth-order valence-corrected chi connectivity index (χ4v) is 5.98. The van der Waals surface area contributed by atoms with Gasteiger partial charge in [-0.2, -0.15) is 0 Å². The highest BCUT2D eigenvalue weighted by molar-refractivity contribution is 5.99. The van der Waals surface area contributed by atoms with Crippen LogP contribution in [0.4, 0.5) is 0 Å². The summed E-state index contributed by atoms with van der Waals surface area (Å²) < 4.78 is 1.84. The minimum absolute atomic E-state index is 0.132. The topological polar surface area (TPSA) is 76.9 Å². The number of aryl methyl sites for hydroxylation is 1.